The predicted octanol–water partition coefficient (Wildman–Crippen LogP) is 3.35. The lowest BCUT2D eigenvalue weighted by atomic mass is 10.2. The van der Waals surface area contributed by atoms with Crippen molar-refractivity contribution in [1.82, 2.24) is 0 Å². The third kappa shape index (κ3) is 8.00. The zero-order chi connectivity index (χ0) is 11.8. The molecule has 1 unspecified atom stereocenters. The highest BCUT2D eigenvalue weighted by atomic mass is 28.3. The Labute approximate surface area is 97.2 Å². The third-order valence-electron chi connectivity index (χ3n) is 2.30. The topological polar surface area (TPSA) is 18.5 Å². The van der Waals surface area contributed by atoms with Gasteiger partial charge in [-0.25, -0.2) is 0 Å². The second kappa shape index (κ2) is 8.31. The zero-order valence-corrected chi connectivity index (χ0v) is 12.4. The minimum atomic E-state index is -1.44. The molecular formula is C12H28O2Si. The van der Waals surface area contributed by atoms with Crippen molar-refractivity contribution in [1.29, 1.82) is 0 Å². The Bertz CT molecular complexity index is 137. The summed E-state index contributed by atoms with van der Waals surface area (Å²) in [5.74, 6) is 1.21. The van der Waals surface area contributed by atoms with Gasteiger partial charge in [-0.1, -0.05) is 48.0 Å². The van der Waals surface area contributed by atoms with Gasteiger partial charge in [0.1, 0.15) is 0 Å². The quantitative estimate of drug-likeness (QED) is 0.598. The van der Waals surface area contributed by atoms with Crippen molar-refractivity contribution in [2.45, 2.75) is 53.5 Å². The normalized spacial score (nSPS) is 14.2. The molecule has 92 valence electrons. The highest BCUT2D eigenvalue weighted by molar-refractivity contribution is 6.46. The van der Waals surface area contributed by atoms with Gasteiger partial charge in [0.05, 0.1) is 0 Å². The van der Waals surface area contributed by atoms with Crippen molar-refractivity contribution < 1.29 is 8.85 Å². The summed E-state index contributed by atoms with van der Waals surface area (Å²) in [4.78, 5) is 0. The van der Waals surface area contributed by atoms with E-state index in [0.29, 0.717) is 17.4 Å². The Morgan fingerprint density at radius 2 is 1.27 bits per heavy atom. The molecule has 0 aliphatic carbocycles. The number of hydrogen-bond donors (Lipinski definition) is 0. The molecule has 1 atom stereocenters. The van der Waals surface area contributed by atoms with E-state index in [1.54, 1.807) is 0 Å². The van der Waals surface area contributed by atoms with E-state index < -0.39 is 9.28 Å². The van der Waals surface area contributed by atoms with Crippen LogP contribution in [0.4, 0.5) is 0 Å². The molecule has 3 heteroatoms. The molecule has 0 aliphatic rings. The van der Waals surface area contributed by atoms with E-state index in [1.807, 2.05) is 0 Å². The molecule has 0 saturated heterocycles. The molecule has 0 radical (unpaired) electrons. The van der Waals surface area contributed by atoms with Gasteiger partial charge in [-0.05, 0) is 17.4 Å². The van der Waals surface area contributed by atoms with Crippen molar-refractivity contribution in [3.63, 3.8) is 0 Å². The lowest BCUT2D eigenvalue weighted by Gasteiger charge is -2.23. The van der Waals surface area contributed by atoms with Gasteiger partial charge in [-0.2, -0.15) is 0 Å². The van der Waals surface area contributed by atoms with Crippen LogP contribution in [-0.4, -0.2) is 22.5 Å². The third-order valence-corrected chi connectivity index (χ3v) is 4.74. The van der Waals surface area contributed by atoms with Crippen molar-refractivity contribution in [2.75, 3.05) is 13.2 Å². The summed E-state index contributed by atoms with van der Waals surface area (Å²) >= 11 is 0. The standard InChI is InChI=1S/C12H28O2Si/c1-7-12(6)15(13-8-10(2)3)14-9-11(4)5/h10-12,15H,7-9H2,1-6H3. The first-order chi connectivity index (χ1) is 6.97. The Morgan fingerprint density at radius 1 is 0.867 bits per heavy atom. The minimum absolute atomic E-state index is 0.603. The highest BCUT2D eigenvalue weighted by Gasteiger charge is 2.21. The Kier molecular flexibility index (Phi) is 8.38. The van der Waals surface area contributed by atoms with E-state index in [4.69, 9.17) is 8.85 Å². The van der Waals surface area contributed by atoms with Crippen molar-refractivity contribution >= 4 is 9.28 Å². The van der Waals surface area contributed by atoms with Crippen LogP contribution in [0.2, 0.25) is 5.54 Å². The summed E-state index contributed by atoms with van der Waals surface area (Å²) in [5, 5.41) is 0. The number of hydrogen-bond acceptors (Lipinski definition) is 2. The van der Waals surface area contributed by atoms with Crippen LogP contribution in [0.15, 0.2) is 0 Å². The summed E-state index contributed by atoms with van der Waals surface area (Å²) in [5.41, 5.74) is 0.613. The van der Waals surface area contributed by atoms with E-state index >= 15 is 0 Å². The minimum Gasteiger partial charge on any atom is -0.396 e. The summed E-state index contributed by atoms with van der Waals surface area (Å²) < 4.78 is 11.8. The largest absolute Gasteiger partial charge is 0.396 e. The molecule has 0 aromatic carbocycles. The van der Waals surface area contributed by atoms with E-state index in [1.165, 1.54) is 0 Å². The van der Waals surface area contributed by atoms with Crippen LogP contribution in [-0.2, 0) is 8.85 Å². The molecule has 0 heterocycles. The molecule has 0 fully saturated rings. The zero-order valence-electron chi connectivity index (χ0n) is 11.2. The van der Waals surface area contributed by atoms with Crippen LogP contribution >= 0.6 is 0 Å². The lowest BCUT2D eigenvalue weighted by Crippen LogP contribution is -2.30. The average Bonchev–Trinajstić information content (AvgIpc) is 2.16. The van der Waals surface area contributed by atoms with Gasteiger partial charge in [-0.3, -0.25) is 0 Å². The molecule has 0 spiro atoms. The molecule has 2 nitrogen and oxygen atoms in total. The van der Waals surface area contributed by atoms with Crippen LogP contribution in [0.1, 0.15) is 48.0 Å². The molecule has 0 aliphatic heterocycles. The fourth-order valence-corrected chi connectivity index (χ4v) is 3.43. The van der Waals surface area contributed by atoms with Crippen molar-refractivity contribution in [3.8, 4) is 0 Å². The van der Waals surface area contributed by atoms with Gasteiger partial charge in [0.25, 0.3) is 0 Å². The van der Waals surface area contributed by atoms with Crippen LogP contribution in [0.3, 0.4) is 0 Å². The fraction of sp³-hybridized carbons (Fsp3) is 1.00. The van der Waals surface area contributed by atoms with Gasteiger partial charge in [-0.15, -0.1) is 0 Å². The maximum Gasteiger partial charge on any atom is 0.324 e. The summed E-state index contributed by atoms with van der Waals surface area (Å²) in [6, 6.07) is 0. The average molecular weight is 232 g/mol. The molecule has 0 saturated carbocycles. The maximum absolute atomic E-state index is 5.92. The molecule has 0 N–H and O–H groups in total. The van der Waals surface area contributed by atoms with Crippen LogP contribution in [0, 0.1) is 11.8 Å². The monoisotopic (exact) mass is 232 g/mol. The van der Waals surface area contributed by atoms with E-state index in [2.05, 4.69) is 41.5 Å². The van der Waals surface area contributed by atoms with Crippen molar-refractivity contribution in [2.24, 2.45) is 11.8 Å². The Morgan fingerprint density at radius 3 is 1.53 bits per heavy atom. The number of rotatable bonds is 8. The van der Waals surface area contributed by atoms with Gasteiger partial charge < -0.3 is 8.85 Å². The molecule has 0 aromatic rings. The first-order valence-corrected chi connectivity index (χ1v) is 7.81. The highest BCUT2D eigenvalue weighted by Crippen LogP contribution is 2.17. The van der Waals surface area contributed by atoms with E-state index in [-0.39, 0.29) is 0 Å². The second-order valence-corrected chi connectivity index (χ2v) is 7.75. The molecular weight excluding hydrogens is 204 g/mol. The Balaban J connectivity index is 3.95. The molecule has 0 rings (SSSR count). The van der Waals surface area contributed by atoms with Crippen LogP contribution < -0.4 is 0 Å². The summed E-state index contributed by atoms with van der Waals surface area (Å²) in [6.45, 7) is 14.9. The molecule has 15 heavy (non-hydrogen) atoms. The molecule has 0 bridgehead atoms. The van der Waals surface area contributed by atoms with Gasteiger partial charge >= 0.3 is 9.28 Å². The first-order valence-electron chi connectivity index (χ1n) is 6.20. The lowest BCUT2D eigenvalue weighted by molar-refractivity contribution is 0.156. The SMILES string of the molecule is CCC(C)[SiH](OCC(C)C)OCC(C)C. The van der Waals surface area contributed by atoms with E-state index in [9.17, 15) is 0 Å². The van der Waals surface area contributed by atoms with Gasteiger partial charge in [0.15, 0.2) is 0 Å². The van der Waals surface area contributed by atoms with E-state index in [0.717, 1.165) is 19.6 Å². The predicted molar refractivity (Wildman–Crippen MR) is 68.4 cm³/mol. The van der Waals surface area contributed by atoms with Gasteiger partial charge in [0.2, 0.25) is 0 Å². The fourth-order valence-electron chi connectivity index (χ4n) is 1.14. The van der Waals surface area contributed by atoms with Crippen LogP contribution in [0.25, 0.3) is 0 Å². The maximum atomic E-state index is 5.92. The second-order valence-electron chi connectivity index (χ2n) is 5.21. The summed E-state index contributed by atoms with van der Waals surface area (Å²) in [6.07, 6.45) is 1.16. The van der Waals surface area contributed by atoms with Gasteiger partial charge in [0, 0.05) is 13.2 Å². The Hall–Kier alpha value is 0.137. The smallest absolute Gasteiger partial charge is 0.324 e. The van der Waals surface area contributed by atoms with Crippen molar-refractivity contribution in [3.05, 3.63) is 0 Å². The molecule has 0 aromatic heterocycles. The first kappa shape index (κ1) is 15.1. The molecule has 0 amide bonds. The summed E-state index contributed by atoms with van der Waals surface area (Å²) in [7, 11) is -1.44. The van der Waals surface area contributed by atoms with Crippen LogP contribution in [0.5, 0.6) is 0 Å².